The number of Topliss-reactive ketones (excluding diaryl/α,β-unsaturated/α-hetero) is 1. The first kappa shape index (κ1) is 83.1. The van der Waals surface area contributed by atoms with Gasteiger partial charge in [0, 0.05) is 90.8 Å². The number of amides is 10. The van der Waals surface area contributed by atoms with E-state index in [1.807, 2.05) is 24.1 Å². The second-order valence-corrected chi connectivity index (χ2v) is 24.3. The van der Waals surface area contributed by atoms with Crippen LogP contribution in [0.2, 0.25) is 0 Å². The number of aliphatic imine (C=N–C) groups is 4. The third-order valence-corrected chi connectivity index (χ3v) is 16.2. The number of carbonyl (C=O) groups excluding carboxylic acids is 11. The maximum Gasteiger partial charge on any atom is 0.243 e. The third kappa shape index (κ3) is 34.1. The topological polar surface area (TPSA) is 616 Å². The highest BCUT2D eigenvalue weighted by atomic mass is 16.2. The van der Waals surface area contributed by atoms with Crippen LogP contribution in [0.4, 0.5) is 5.82 Å². The molecule has 0 saturated carbocycles. The summed E-state index contributed by atoms with van der Waals surface area (Å²) < 4.78 is 0. The van der Waals surface area contributed by atoms with Crippen LogP contribution in [0.15, 0.2) is 38.6 Å². The van der Waals surface area contributed by atoms with Crippen LogP contribution in [0.1, 0.15) is 156 Å². The van der Waals surface area contributed by atoms with E-state index < -0.39 is 96.4 Å². The molecule has 37 nitrogen and oxygen atoms in total. The molecule has 0 spiro atoms. The fourth-order valence-electron chi connectivity index (χ4n) is 10.6. The van der Waals surface area contributed by atoms with Crippen molar-refractivity contribution in [3.63, 3.8) is 0 Å². The largest absolute Gasteiger partial charge is 0.370 e. The number of anilines is 1. The first-order chi connectivity index (χ1) is 47.2. The molecular formula is C62H108N26O11. The second kappa shape index (κ2) is 46.1. The molecule has 552 valence electrons. The molecule has 27 N–H and O–H groups in total. The van der Waals surface area contributed by atoms with Crippen molar-refractivity contribution in [1.82, 2.24) is 62.4 Å². The first-order valence-electron chi connectivity index (χ1n) is 33.8. The lowest BCUT2D eigenvalue weighted by Crippen LogP contribution is -2.58. The number of ketones is 1. The number of hydrogen-bond acceptors (Lipinski definition) is 18. The zero-order valence-corrected chi connectivity index (χ0v) is 57.5. The molecule has 37 heteroatoms. The quantitative estimate of drug-likeness (QED) is 0.0170. The molecule has 3 heterocycles. The lowest BCUT2D eigenvalue weighted by atomic mass is 9.98. The van der Waals surface area contributed by atoms with Gasteiger partial charge in [-0.25, -0.2) is 9.97 Å². The summed E-state index contributed by atoms with van der Waals surface area (Å²) in [5, 5.41) is 22.3. The molecule has 1 saturated heterocycles. The Balaban J connectivity index is 1.73. The molecule has 99 heavy (non-hydrogen) atoms. The number of fused-ring (bicyclic) bond motifs is 1. The second-order valence-electron chi connectivity index (χ2n) is 24.3. The van der Waals surface area contributed by atoms with E-state index in [0.717, 1.165) is 36.1 Å². The van der Waals surface area contributed by atoms with E-state index in [9.17, 15) is 52.7 Å². The maximum absolute atomic E-state index is 14.5. The Labute approximate surface area is 577 Å². The highest BCUT2D eigenvalue weighted by Gasteiger charge is 2.33. The van der Waals surface area contributed by atoms with Crippen molar-refractivity contribution in [2.45, 2.75) is 192 Å². The SMILES string of the molecule is CC[C@H](C)[C@H](NC(=O)CCC(=O)N[C@@H](CCCCNC(=O)[C@@H](CCCN=C(N)N)NC(=O)CCCCCCCC(=O)N1CCN(c2ncnc3[nH]ccc23)CC1)C(=O)N[C@H](CCCN=C(N)N)C(=O)N[C@H](CCCN=C(N)N)C(=O)N[C@H](CCCN=C(N)N)C(N)=O)C(=O)NCC(C)=O. The molecule has 2 aromatic rings. The fraction of sp³-hybridized carbons (Fsp3) is 0.661. The predicted octanol–water partition coefficient (Wildman–Crippen LogP) is -4.24. The molecule has 0 unspecified atom stereocenters. The first-order valence-corrected chi connectivity index (χ1v) is 33.8. The molecule has 0 radical (unpaired) electrons. The number of carbonyl (C=O) groups is 11. The van der Waals surface area contributed by atoms with Gasteiger partial charge in [-0.05, 0) is 102 Å². The summed E-state index contributed by atoms with van der Waals surface area (Å²) in [6, 6.07) is -5.42. The number of H-pyrrole nitrogens is 1. The van der Waals surface area contributed by atoms with E-state index >= 15 is 0 Å². The smallest absolute Gasteiger partial charge is 0.243 e. The highest BCUT2D eigenvalue weighted by molar-refractivity contribution is 5.96. The number of unbranched alkanes of at least 4 members (excludes halogenated alkanes) is 5. The molecule has 10 amide bonds. The van der Waals surface area contributed by atoms with Crippen molar-refractivity contribution in [2.24, 2.45) is 77.5 Å². The van der Waals surface area contributed by atoms with Gasteiger partial charge < -0.3 is 109 Å². The Hall–Kier alpha value is -10.1. The number of aromatic nitrogens is 3. The number of nitrogens with two attached hydrogens (primary N) is 9. The van der Waals surface area contributed by atoms with Crippen LogP contribution < -0.4 is 99.0 Å². The number of nitrogens with one attached hydrogen (secondary N) is 9. The number of nitrogens with zero attached hydrogens (tertiary/aromatic N) is 8. The van der Waals surface area contributed by atoms with E-state index in [1.165, 1.54) is 13.3 Å². The molecule has 1 aliphatic heterocycles. The predicted molar refractivity (Wildman–Crippen MR) is 375 cm³/mol. The van der Waals surface area contributed by atoms with Crippen molar-refractivity contribution < 1.29 is 52.7 Å². The molecule has 1 fully saturated rings. The van der Waals surface area contributed by atoms with Gasteiger partial charge in [-0.2, -0.15) is 0 Å². The molecule has 0 aromatic carbocycles. The van der Waals surface area contributed by atoms with Crippen molar-refractivity contribution >= 4 is 106 Å². The Morgan fingerprint density at radius 1 is 0.495 bits per heavy atom. The van der Waals surface area contributed by atoms with Crippen molar-refractivity contribution in [1.29, 1.82) is 0 Å². The number of piperazine rings is 1. The standard InChI is InChI=1S/C62H108N26O11/c1-4-38(2)50(58(99)78-36-39(3)89)86-48(92)24-23-47(91)82-43(55(96)84-45(20-15-30-77-62(70)71)57(98)85-44(19-14-29-76-61(68)69)56(97)83-41(51(63)94)17-12-27-74-59(64)65)16-10-11-26-73-54(95)42(18-13-28-75-60(66)67)81-46(90)21-8-6-5-7-9-22-49(93)87-32-34-88(35-33-87)53-40-25-31-72-52(40)79-37-80-53/h25,31,37-38,41-45,50H,4-24,26-30,32-36H2,1-3H3,(H2,63,94)(H,73,95)(H,78,99)(H,81,90)(H,82,91)(H,83,97)(H,84,96)(H,85,98)(H,86,92)(H4,64,65,74)(H4,66,67,75)(H4,68,69,76)(H4,70,71,77)(H,72,79,80)/t38-,41+,42+,43-,44+,45+,50-/m0/s1. The van der Waals surface area contributed by atoms with E-state index in [-0.39, 0.29) is 157 Å². The molecule has 3 rings (SSSR count). The zero-order chi connectivity index (χ0) is 73.2. The number of rotatable bonds is 49. The number of primary amides is 1. The highest BCUT2D eigenvalue weighted by Crippen LogP contribution is 2.24. The van der Waals surface area contributed by atoms with Gasteiger partial charge in [0.1, 0.15) is 59.8 Å². The van der Waals surface area contributed by atoms with E-state index in [0.29, 0.717) is 58.3 Å². The Kier molecular flexibility index (Phi) is 38.7. The van der Waals surface area contributed by atoms with Crippen molar-refractivity contribution in [3.05, 3.63) is 18.6 Å². The van der Waals surface area contributed by atoms with Crippen LogP contribution in [0.3, 0.4) is 0 Å². The lowest BCUT2D eigenvalue weighted by molar-refractivity contribution is -0.135. The number of aromatic amines is 1. The van der Waals surface area contributed by atoms with Crippen LogP contribution >= 0.6 is 0 Å². The average molecular weight is 1390 g/mol. The van der Waals surface area contributed by atoms with Crippen LogP contribution in [-0.4, -0.2) is 210 Å². The summed E-state index contributed by atoms with van der Waals surface area (Å²) in [5.74, 6) is -6.79. The molecule has 0 aliphatic carbocycles. The molecule has 7 atom stereocenters. The minimum atomic E-state index is -1.42. The number of hydrogen-bond donors (Lipinski definition) is 18. The fourth-order valence-corrected chi connectivity index (χ4v) is 10.6. The van der Waals surface area contributed by atoms with E-state index in [1.54, 1.807) is 6.92 Å². The maximum atomic E-state index is 14.5. The van der Waals surface area contributed by atoms with E-state index in [2.05, 4.69) is 82.4 Å². The van der Waals surface area contributed by atoms with Crippen LogP contribution in [0.25, 0.3) is 11.0 Å². The van der Waals surface area contributed by atoms with Gasteiger partial charge in [0.2, 0.25) is 59.1 Å². The minimum absolute atomic E-state index is 0.00668. The van der Waals surface area contributed by atoms with Gasteiger partial charge >= 0.3 is 0 Å². The molecule has 2 aromatic heterocycles. The van der Waals surface area contributed by atoms with E-state index in [4.69, 9.17) is 51.6 Å². The summed E-state index contributed by atoms with van der Waals surface area (Å²) in [4.78, 5) is 179. The van der Waals surface area contributed by atoms with Gasteiger partial charge in [-0.15, -0.1) is 0 Å². The molecular weight excluding hydrogens is 1280 g/mol. The Morgan fingerprint density at radius 2 is 0.939 bits per heavy atom. The summed E-state index contributed by atoms with van der Waals surface area (Å²) in [6.45, 7) is 7.50. The summed E-state index contributed by atoms with van der Waals surface area (Å²) >= 11 is 0. The Morgan fingerprint density at radius 3 is 1.43 bits per heavy atom. The van der Waals surface area contributed by atoms with Crippen LogP contribution in [0.5, 0.6) is 0 Å². The van der Waals surface area contributed by atoms with Crippen LogP contribution in [-0.2, 0) is 52.7 Å². The summed E-state index contributed by atoms with van der Waals surface area (Å²) in [5.41, 5.74) is 50.5. The number of guanidine groups is 4. The molecule has 0 bridgehead atoms. The Bertz CT molecular complexity index is 3060. The third-order valence-electron chi connectivity index (χ3n) is 16.2. The van der Waals surface area contributed by atoms with Crippen molar-refractivity contribution in [2.75, 3.05) is 70.3 Å². The van der Waals surface area contributed by atoms with Gasteiger partial charge in [0.25, 0.3) is 0 Å². The van der Waals surface area contributed by atoms with Crippen LogP contribution in [0, 0.1) is 5.92 Å². The van der Waals surface area contributed by atoms with Gasteiger partial charge in [-0.3, -0.25) is 72.7 Å². The minimum Gasteiger partial charge on any atom is -0.370 e. The molecule has 1 aliphatic rings. The monoisotopic (exact) mass is 1390 g/mol. The summed E-state index contributed by atoms with van der Waals surface area (Å²) in [7, 11) is 0. The normalized spacial score (nSPS) is 14.0. The van der Waals surface area contributed by atoms with Gasteiger partial charge in [-0.1, -0.05) is 39.5 Å². The van der Waals surface area contributed by atoms with Gasteiger partial charge in [0.15, 0.2) is 23.8 Å². The summed E-state index contributed by atoms with van der Waals surface area (Å²) in [6.07, 6.45) is 8.30. The lowest BCUT2D eigenvalue weighted by Gasteiger charge is -2.35. The average Bonchev–Trinajstić information content (AvgIpc) is 1.75. The van der Waals surface area contributed by atoms with Crippen molar-refractivity contribution in [3.8, 4) is 0 Å². The van der Waals surface area contributed by atoms with Gasteiger partial charge in [0.05, 0.1) is 11.9 Å². The zero-order valence-electron chi connectivity index (χ0n) is 57.5.